The van der Waals surface area contributed by atoms with Gasteiger partial charge in [0.05, 0.1) is 6.61 Å². The molecule has 0 saturated heterocycles. The van der Waals surface area contributed by atoms with Crippen LogP contribution in [0.25, 0.3) is 11.1 Å². The lowest BCUT2D eigenvalue weighted by atomic mass is 9.83. The van der Waals surface area contributed by atoms with E-state index in [1.807, 2.05) is 24.3 Å². The van der Waals surface area contributed by atoms with Gasteiger partial charge in [-0.1, -0.05) is 82.7 Å². The van der Waals surface area contributed by atoms with Gasteiger partial charge in [0.2, 0.25) is 0 Å². The maximum atomic E-state index is 14.7. The molecule has 1 aliphatic carbocycles. The number of unbranched alkanes of at least 4 members (excludes halogenated alkanes) is 3. The van der Waals surface area contributed by atoms with Gasteiger partial charge >= 0.3 is 0 Å². The fourth-order valence-electron chi connectivity index (χ4n) is 4.16. The molecule has 0 aliphatic heterocycles. The van der Waals surface area contributed by atoms with E-state index in [0.717, 1.165) is 24.0 Å². The van der Waals surface area contributed by atoms with Gasteiger partial charge in [-0.25, -0.2) is 8.78 Å². The monoisotopic (exact) mass is 386 g/mol. The zero-order chi connectivity index (χ0) is 19.9. The first-order chi connectivity index (χ1) is 13.7. The molecule has 0 aromatic heterocycles. The molecule has 0 saturated carbocycles. The third kappa shape index (κ3) is 4.74. The Morgan fingerprint density at radius 1 is 0.857 bits per heavy atom. The average Bonchev–Trinajstić information content (AvgIpc) is 2.73. The SMILES string of the molecule is CCCCCCC(CC)CCOc1ccc2c(c1)C(F)C(F)c1ccccc1-2. The van der Waals surface area contributed by atoms with Crippen molar-refractivity contribution in [3.63, 3.8) is 0 Å². The van der Waals surface area contributed by atoms with Crippen LogP contribution in [0.4, 0.5) is 8.78 Å². The topological polar surface area (TPSA) is 9.23 Å². The molecule has 0 radical (unpaired) electrons. The molecule has 3 unspecified atom stereocenters. The predicted molar refractivity (Wildman–Crippen MR) is 112 cm³/mol. The first-order valence-electron chi connectivity index (χ1n) is 10.8. The van der Waals surface area contributed by atoms with Crippen LogP contribution < -0.4 is 4.74 Å². The summed E-state index contributed by atoms with van der Waals surface area (Å²) in [6.07, 6.45) is 5.32. The van der Waals surface area contributed by atoms with Crippen LogP contribution in [0.1, 0.15) is 82.3 Å². The fourth-order valence-corrected chi connectivity index (χ4v) is 4.16. The van der Waals surface area contributed by atoms with E-state index >= 15 is 0 Å². The summed E-state index contributed by atoms with van der Waals surface area (Å²) in [5.41, 5.74) is 2.38. The summed E-state index contributed by atoms with van der Waals surface area (Å²) in [7, 11) is 0. The number of alkyl halides is 2. The third-order valence-corrected chi connectivity index (χ3v) is 5.96. The van der Waals surface area contributed by atoms with Crippen LogP contribution in [0.5, 0.6) is 5.75 Å². The van der Waals surface area contributed by atoms with Gasteiger partial charge in [0.1, 0.15) is 5.75 Å². The van der Waals surface area contributed by atoms with Crippen LogP contribution in [0, 0.1) is 5.92 Å². The van der Waals surface area contributed by atoms with Gasteiger partial charge in [-0.3, -0.25) is 0 Å². The lowest BCUT2D eigenvalue weighted by Gasteiger charge is -2.26. The summed E-state index contributed by atoms with van der Waals surface area (Å²) in [6.45, 7) is 5.09. The zero-order valence-electron chi connectivity index (χ0n) is 17.1. The van der Waals surface area contributed by atoms with Crippen molar-refractivity contribution in [3.05, 3.63) is 53.6 Å². The Hall–Kier alpha value is -1.90. The van der Waals surface area contributed by atoms with Crippen LogP contribution in [0.3, 0.4) is 0 Å². The molecular weight excluding hydrogens is 354 g/mol. The van der Waals surface area contributed by atoms with Crippen LogP contribution in [0.2, 0.25) is 0 Å². The van der Waals surface area contributed by atoms with E-state index in [2.05, 4.69) is 13.8 Å². The van der Waals surface area contributed by atoms with Crippen LogP contribution >= 0.6 is 0 Å². The molecule has 3 rings (SSSR count). The highest BCUT2D eigenvalue weighted by Gasteiger charge is 2.34. The average molecular weight is 387 g/mol. The second-order valence-corrected chi connectivity index (χ2v) is 7.90. The van der Waals surface area contributed by atoms with Crippen molar-refractivity contribution in [2.24, 2.45) is 5.92 Å². The van der Waals surface area contributed by atoms with Crippen molar-refractivity contribution in [1.82, 2.24) is 0 Å². The van der Waals surface area contributed by atoms with Gasteiger partial charge in [-0.15, -0.1) is 0 Å². The van der Waals surface area contributed by atoms with Crippen LogP contribution in [0.15, 0.2) is 42.5 Å². The molecule has 0 bridgehead atoms. The molecule has 1 aliphatic rings. The van der Waals surface area contributed by atoms with Crippen molar-refractivity contribution in [2.45, 2.75) is 71.1 Å². The van der Waals surface area contributed by atoms with Gasteiger partial charge < -0.3 is 4.74 Å². The molecule has 3 heteroatoms. The minimum atomic E-state index is -1.64. The summed E-state index contributed by atoms with van der Waals surface area (Å²) in [5, 5.41) is 0. The maximum absolute atomic E-state index is 14.7. The van der Waals surface area contributed by atoms with E-state index in [1.54, 1.807) is 18.2 Å². The van der Waals surface area contributed by atoms with Crippen LogP contribution in [-0.4, -0.2) is 6.61 Å². The second kappa shape index (κ2) is 10.0. The quantitative estimate of drug-likeness (QED) is 0.374. The van der Waals surface area contributed by atoms with Crippen molar-refractivity contribution in [2.75, 3.05) is 6.61 Å². The molecule has 2 aromatic carbocycles. The van der Waals surface area contributed by atoms with E-state index in [9.17, 15) is 8.78 Å². The summed E-state index contributed by atoms with van der Waals surface area (Å²) in [4.78, 5) is 0. The summed E-state index contributed by atoms with van der Waals surface area (Å²) < 4.78 is 35.2. The minimum absolute atomic E-state index is 0.398. The highest BCUT2D eigenvalue weighted by Crippen LogP contribution is 2.49. The Labute approximate surface area is 168 Å². The zero-order valence-corrected chi connectivity index (χ0v) is 17.1. The molecule has 28 heavy (non-hydrogen) atoms. The van der Waals surface area contributed by atoms with E-state index < -0.39 is 12.3 Å². The van der Waals surface area contributed by atoms with E-state index in [-0.39, 0.29) is 0 Å². The molecule has 0 spiro atoms. The molecule has 0 heterocycles. The Balaban J connectivity index is 1.61. The minimum Gasteiger partial charge on any atom is -0.494 e. The van der Waals surface area contributed by atoms with Gasteiger partial charge in [0, 0.05) is 5.56 Å². The number of hydrogen-bond acceptors (Lipinski definition) is 1. The Morgan fingerprint density at radius 2 is 1.61 bits per heavy atom. The standard InChI is InChI=1S/C25H32F2O/c1-3-5-6-7-10-18(4-2)15-16-28-19-13-14-21-20-11-8-9-12-22(20)24(26)25(27)23(21)17-19/h8-9,11-14,17-18,24-25H,3-7,10,15-16H2,1-2H3. The normalized spacial score (nSPS) is 19.0. The fraction of sp³-hybridized carbons (Fsp3) is 0.520. The van der Waals surface area contributed by atoms with Gasteiger partial charge in [-0.05, 0) is 41.2 Å². The first-order valence-corrected chi connectivity index (χ1v) is 10.8. The summed E-state index contributed by atoms with van der Waals surface area (Å²) >= 11 is 0. The smallest absolute Gasteiger partial charge is 0.161 e. The molecule has 1 nitrogen and oxygen atoms in total. The van der Waals surface area contributed by atoms with Crippen molar-refractivity contribution < 1.29 is 13.5 Å². The second-order valence-electron chi connectivity index (χ2n) is 7.90. The first kappa shape index (κ1) is 20.8. The molecule has 0 fully saturated rings. The lowest BCUT2D eigenvalue weighted by molar-refractivity contribution is 0.168. The van der Waals surface area contributed by atoms with Crippen molar-refractivity contribution >= 4 is 0 Å². The number of ether oxygens (including phenoxy) is 1. The maximum Gasteiger partial charge on any atom is 0.161 e. The Morgan fingerprint density at radius 3 is 2.39 bits per heavy atom. The predicted octanol–water partition coefficient (Wildman–Crippen LogP) is 8.15. The van der Waals surface area contributed by atoms with Crippen molar-refractivity contribution in [1.29, 1.82) is 0 Å². The number of rotatable bonds is 10. The number of fused-ring (bicyclic) bond motifs is 3. The lowest BCUT2D eigenvalue weighted by Crippen LogP contribution is -2.12. The molecule has 152 valence electrons. The van der Waals surface area contributed by atoms with Gasteiger partial charge in [0.25, 0.3) is 0 Å². The molecular formula is C25H32F2O. The van der Waals surface area contributed by atoms with E-state index in [1.165, 1.54) is 32.1 Å². The largest absolute Gasteiger partial charge is 0.494 e. The molecule has 0 N–H and O–H groups in total. The van der Waals surface area contributed by atoms with Crippen molar-refractivity contribution in [3.8, 4) is 16.9 Å². The summed E-state index contributed by atoms with van der Waals surface area (Å²) in [6, 6.07) is 12.6. The highest BCUT2D eigenvalue weighted by molar-refractivity contribution is 5.75. The van der Waals surface area contributed by atoms with Gasteiger partial charge in [0.15, 0.2) is 12.3 Å². The van der Waals surface area contributed by atoms with E-state index in [0.29, 0.717) is 29.4 Å². The Bertz CT molecular complexity index is 758. The number of halogens is 2. The Kier molecular flexibility index (Phi) is 7.47. The van der Waals surface area contributed by atoms with Gasteiger partial charge in [-0.2, -0.15) is 0 Å². The molecule has 3 atom stereocenters. The van der Waals surface area contributed by atoms with Crippen LogP contribution in [-0.2, 0) is 0 Å². The highest BCUT2D eigenvalue weighted by atomic mass is 19.2. The molecule has 0 amide bonds. The summed E-state index contributed by atoms with van der Waals surface area (Å²) in [5.74, 6) is 1.30. The van der Waals surface area contributed by atoms with E-state index in [4.69, 9.17) is 4.74 Å². The number of benzene rings is 2. The number of hydrogen-bond donors (Lipinski definition) is 0. The molecule has 2 aromatic rings. The third-order valence-electron chi connectivity index (χ3n) is 5.96.